The Labute approximate surface area is 176 Å². The normalized spacial score (nSPS) is 10.8. The number of benzene rings is 2. The molecule has 0 saturated carbocycles. The quantitative estimate of drug-likeness (QED) is 0.490. The standard InChI is InChI=1S/C23H25N3O4/c1-16(2)14-25-22(27)15-30-20-9-7-17(8-10-20)11-18(13-24)23(28)26-19-5-4-6-21(12-19)29-3/h4-12,16H,14-15H2,1-3H3,(H,25,27)(H,26,28)/b18-11-. The van der Waals surface area contributed by atoms with Crippen LogP contribution in [0.1, 0.15) is 19.4 Å². The molecular weight excluding hydrogens is 382 g/mol. The number of ether oxygens (including phenoxy) is 2. The second-order valence-electron chi connectivity index (χ2n) is 6.91. The molecule has 2 N–H and O–H groups in total. The molecule has 0 heterocycles. The highest BCUT2D eigenvalue weighted by molar-refractivity contribution is 6.09. The first-order valence-corrected chi connectivity index (χ1v) is 9.48. The van der Waals surface area contributed by atoms with Gasteiger partial charge in [-0.1, -0.05) is 32.0 Å². The van der Waals surface area contributed by atoms with Crippen molar-refractivity contribution >= 4 is 23.6 Å². The Morgan fingerprint density at radius 1 is 1.13 bits per heavy atom. The predicted molar refractivity (Wildman–Crippen MR) is 115 cm³/mol. The smallest absolute Gasteiger partial charge is 0.266 e. The minimum absolute atomic E-state index is 0.0421. The summed E-state index contributed by atoms with van der Waals surface area (Å²) in [7, 11) is 1.53. The van der Waals surface area contributed by atoms with Crippen LogP contribution in [0.5, 0.6) is 11.5 Å². The summed E-state index contributed by atoms with van der Waals surface area (Å²) in [6, 6.07) is 15.5. The number of nitrogens with one attached hydrogen (secondary N) is 2. The molecule has 7 nitrogen and oxygen atoms in total. The minimum atomic E-state index is -0.520. The first-order chi connectivity index (χ1) is 14.4. The molecule has 156 valence electrons. The number of hydrogen-bond acceptors (Lipinski definition) is 5. The Morgan fingerprint density at radius 3 is 2.50 bits per heavy atom. The molecule has 0 atom stereocenters. The molecule has 30 heavy (non-hydrogen) atoms. The zero-order valence-corrected chi connectivity index (χ0v) is 17.3. The summed E-state index contributed by atoms with van der Waals surface area (Å²) < 4.78 is 10.6. The van der Waals surface area contributed by atoms with E-state index in [0.29, 0.717) is 35.2 Å². The zero-order valence-electron chi connectivity index (χ0n) is 17.3. The molecule has 0 aliphatic carbocycles. The number of carbonyl (C=O) groups is 2. The lowest BCUT2D eigenvalue weighted by molar-refractivity contribution is -0.123. The maximum atomic E-state index is 12.4. The number of nitrogens with zero attached hydrogens (tertiary/aromatic N) is 1. The molecule has 0 saturated heterocycles. The maximum absolute atomic E-state index is 12.4. The van der Waals surface area contributed by atoms with Gasteiger partial charge in [0.05, 0.1) is 7.11 Å². The van der Waals surface area contributed by atoms with Gasteiger partial charge in [-0.3, -0.25) is 9.59 Å². The van der Waals surface area contributed by atoms with Crippen LogP contribution in [-0.4, -0.2) is 32.1 Å². The van der Waals surface area contributed by atoms with E-state index in [1.807, 2.05) is 19.9 Å². The number of rotatable bonds is 9. The molecule has 0 bridgehead atoms. The Balaban J connectivity index is 1.97. The third kappa shape index (κ3) is 7.32. The van der Waals surface area contributed by atoms with Gasteiger partial charge in [-0.15, -0.1) is 0 Å². The minimum Gasteiger partial charge on any atom is -0.497 e. The number of carbonyl (C=O) groups excluding carboxylic acids is 2. The van der Waals surface area contributed by atoms with Crippen molar-refractivity contribution in [1.82, 2.24) is 5.32 Å². The lowest BCUT2D eigenvalue weighted by Crippen LogP contribution is -2.31. The van der Waals surface area contributed by atoms with Gasteiger partial charge in [0, 0.05) is 18.3 Å². The van der Waals surface area contributed by atoms with E-state index in [4.69, 9.17) is 9.47 Å². The number of anilines is 1. The Morgan fingerprint density at radius 2 is 1.87 bits per heavy atom. The van der Waals surface area contributed by atoms with Crippen molar-refractivity contribution in [3.05, 3.63) is 59.7 Å². The van der Waals surface area contributed by atoms with Crippen LogP contribution in [-0.2, 0) is 9.59 Å². The van der Waals surface area contributed by atoms with Gasteiger partial charge in [0.2, 0.25) is 0 Å². The van der Waals surface area contributed by atoms with Crippen molar-refractivity contribution in [2.45, 2.75) is 13.8 Å². The van der Waals surface area contributed by atoms with E-state index in [0.717, 1.165) is 0 Å². The average Bonchev–Trinajstić information content (AvgIpc) is 2.75. The second-order valence-corrected chi connectivity index (χ2v) is 6.91. The van der Waals surface area contributed by atoms with Crippen molar-refractivity contribution < 1.29 is 19.1 Å². The van der Waals surface area contributed by atoms with Crippen LogP contribution in [0, 0.1) is 17.2 Å². The van der Waals surface area contributed by atoms with E-state index in [9.17, 15) is 14.9 Å². The van der Waals surface area contributed by atoms with Crippen molar-refractivity contribution in [3.8, 4) is 17.6 Å². The van der Waals surface area contributed by atoms with E-state index in [-0.39, 0.29) is 18.1 Å². The lowest BCUT2D eigenvalue weighted by Gasteiger charge is -2.09. The van der Waals surface area contributed by atoms with Gasteiger partial charge in [-0.25, -0.2) is 0 Å². The molecule has 0 fully saturated rings. The first-order valence-electron chi connectivity index (χ1n) is 9.48. The van der Waals surface area contributed by atoms with Gasteiger partial charge in [-0.05, 0) is 41.8 Å². The van der Waals surface area contributed by atoms with E-state index < -0.39 is 5.91 Å². The Hall–Kier alpha value is -3.79. The molecular formula is C23H25N3O4. The molecule has 2 aromatic rings. The number of hydrogen-bond donors (Lipinski definition) is 2. The van der Waals surface area contributed by atoms with Crippen LogP contribution in [0.4, 0.5) is 5.69 Å². The summed E-state index contributed by atoms with van der Waals surface area (Å²) in [5.41, 5.74) is 1.14. The van der Waals surface area contributed by atoms with E-state index in [2.05, 4.69) is 10.6 Å². The van der Waals surface area contributed by atoms with Gasteiger partial charge < -0.3 is 20.1 Å². The number of nitriles is 1. The van der Waals surface area contributed by atoms with E-state index >= 15 is 0 Å². The van der Waals surface area contributed by atoms with Crippen molar-refractivity contribution in [2.75, 3.05) is 25.6 Å². The van der Waals surface area contributed by atoms with E-state index in [1.165, 1.54) is 13.2 Å². The molecule has 0 spiro atoms. The molecule has 2 amide bonds. The van der Waals surface area contributed by atoms with Crippen LogP contribution >= 0.6 is 0 Å². The average molecular weight is 407 g/mol. The van der Waals surface area contributed by atoms with Crippen LogP contribution in [0.3, 0.4) is 0 Å². The van der Waals surface area contributed by atoms with Gasteiger partial charge >= 0.3 is 0 Å². The van der Waals surface area contributed by atoms with E-state index in [1.54, 1.807) is 48.5 Å². The topological polar surface area (TPSA) is 100 Å². The summed E-state index contributed by atoms with van der Waals surface area (Å²) in [5, 5.41) is 14.8. The molecule has 0 aromatic heterocycles. The fraction of sp³-hybridized carbons (Fsp3) is 0.261. The van der Waals surface area contributed by atoms with Gasteiger partial charge in [-0.2, -0.15) is 5.26 Å². The maximum Gasteiger partial charge on any atom is 0.266 e. The zero-order chi connectivity index (χ0) is 21.9. The fourth-order valence-corrected chi connectivity index (χ4v) is 2.39. The SMILES string of the molecule is COc1cccc(NC(=O)/C(C#N)=C\c2ccc(OCC(=O)NCC(C)C)cc2)c1. The molecule has 0 aliphatic rings. The highest BCUT2D eigenvalue weighted by Crippen LogP contribution is 2.18. The summed E-state index contributed by atoms with van der Waals surface area (Å²) in [4.78, 5) is 24.1. The van der Waals surface area contributed by atoms with Crippen molar-refractivity contribution in [2.24, 2.45) is 5.92 Å². The van der Waals surface area contributed by atoms with Crippen LogP contribution in [0.25, 0.3) is 6.08 Å². The van der Waals surface area contributed by atoms with Crippen LogP contribution in [0.2, 0.25) is 0 Å². The summed E-state index contributed by atoms with van der Waals surface area (Å²) in [6.07, 6.45) is 1.48. The number of methoxy groups -OCH3 is 1. The molecule has 7 heteroatoms. The highest BCUT2D eigenvalue weighted by Gasteiger charge is 2.10. The first kappa shape index (κ1) is 22.5. The summed E-state index contributed by atoms with van der Waals surface area (Å²) >= 11 is 0. The van der Waals surface area contributed by atoms with Crippen LogP contribution < -0.4 is 20.1 Å². The Bertz CT molecular complexity index is 944. The van der Waals surface area contributed by atoms with Crippen molar-refractivity contribution in [1.29, 1.82) is 5.26 Å². The Kier molecular flexibility index (Phi) is 8.45. The largest absolute Gasteiger partial charge is 0.497 e. The third-order valence-electron chi connectivity index (χ3n) is 3.96. The van der Waals surface area contributed by atoms with Crippen molar-refractivity contribution in [3.63, 3.8) is 0 Å². The van der Waals surface area contributed by atoms with Gasteiger partial charge in [0.1, 0.15) is 23.1 Å². The molecule has 0 radical (unpaired) electrons. The molecule has 2 rings (SSSR count). The van der Waals surface area contributed by atoms with Gasteiger partial charge in [0.15, 0.2) is 6.61 Å². The molecule has 2 aromatic carbocycles. The second kappa shape index (κ2) is 11.3. The van der Waals surface area contributed by atoms with Crippen LogP contribution in [0.15, 0.2) is 54.1 Å². The summed E-state index contributed by atoms with van der Waals surface area (Å²) in [6.45, 7) is 4.55. The molecule has 0 unspecified atom stereocenters. The fourth-order valence-electron chi connectivity index (χ4n) is 2.39. The monoisotopic (exact) mass is 407 g/mol. The predicted octanol–water partition coefficient (Wildman–Crippen LogP) is 3.39. The lowest BCUT2D eigenvalue weighted by atomic mass is 10.1. The molecule has 0 aliphatic heterocycles. The number of amides is 2. The highest BCUT2D eigenvalue weighted by atomic mass is 16.5. The van der Waals surface area contributed by atoms with Gasteiger partial charge in [0.25, 0.3) is 11.8 Å². The third-order valence-corrected chi connectivity index (χ3v) is 3.96. The summed E-state index contributed by atoms with van der Waals surface area (Å²) in [5.74, 6) is 0.784.